The lowest BCUT2D eigenvalue weighted by Crippen LogP contribution is -1.98. The summed E-state index contributed by atoms with van der Waals surface area (Å²) in [7, 11) is 1.66. The van der Waals surface area contributed by atoms with Crippen LogP contribution in [0.4, 0.5) is 0 Å². The summed E-state index contributed by atoms with van der Waals surface area (Å²) in [6.07, 6.45) is 3.57. The van der Waals surface area contributed by atoms with Gasteiger partial charge in [0.1, 0.15) is 5.75 Å². The molecule has 3 heteroatoms. The first-order valence-electron chi connectivity index (χ1n) is 4.46. The van der Waals surface area contributed by atoms with Crippen LogP contribution in [0.2, 0.25) is 0 Å². The van der Waals surface area contributed by atoms with Crippen LogP contribution in [0.5, 0.6) is 5.75 Å². The molecule has 0 radical (unpaired) electrons. The van der Waals surface area contributed by atoms with Crippen molar-refractivity contribution in [2.24, 2.45) is 5.73 Å². The minimum Gasteiger partial charge on any atom is -0.496 e. The van der Waals surface area contributed by atoms with Gasteiger partial charge in [0, 0.05) is 29.7 Å². The van der Waals surface area contributed by atoms with Gasteiger partial charge >= 0.3 is 0 Å². The SMILES string of the molecule is COc1ccc(CN)c2cnccc12. The zero-order valence-electron chi connectivity index (χ0n) is 8.03. The fourth-order valence-corrected chi connectivity index (χ4v) is 1.58. The lowest BCUT2D eigenvalue weighted by molar-refractivity contribution is 0.419. The molecule has 3 nitrogen and oxygen atoms in total. The molecule has 1 aromatic heterocycles. The molecule has 0 amide bonds. The summed E-state index contributed by atoms with van der Waals surface area (Å²) in [6.45, 7) is 0.520. The predicted octanol–water partition coefficient (Wildman–Crippen LogP) is 1.70. The van der Waals surface area contributed by atoms with E-state index in [0.29, 0.717) is 6.54 Å². The van der Waals surface area contributed by atoms with Crippen LogP contribution in [-0.4, -0.2) is 12.1 Å². The Balaban J connectivity index is 2.78. The van der Waals surface area contributed by atoms with E-state index in [1.807, 2.05) is 24.4 Å². The van der Waals surface area contributed by atoms with Crippen molar-refractivity contribution in [3.8, 4) is 5.75 Å². The van der Waals surface area contributed by atoms with Crippen LogP contribution < -0.4 is 10.5 Å². The average molecular weight is 188 g/mol. The number of methoxy groups -OCH3 is 1. The third-order valence-corrected chi connectivity index (χ3v) is 2.31. The lowest BCUT2D eigenvalue weighted by atomic mass is 10.1. The molecule has 14 heavy (non-hydrogen) atoms. The van der Waals surface area contributed by atoms with Crippen molar-refractivity contribution in [2.75, 3.05) is 7.11 Å². The van der Waals surface area contributed by atoms with Gasteiger partial charge in [-0.1, -0.05) is 6.07 Å². The molecule has 1 aromatic carbocycles. The maximum Gasteiger partial charge on any atom is 0.126 e. The fourth-order valence-electron chi connectivity index (χ4n) is 1.58. The number of hydrogen-bond donors (Lipinski definition) is 1. The molecule has 2 rings (SSSR count). The second-order valence-electron chi connectivity index (χ2n) is 3.05. The van der Waals surface area contributed by atoms with Gasteiger partial charge in [-0.2, -0.15) is 0 Å². The Morgan fingerprint density at radius 1 is 1.29 bits per heavy atom. The monoisotopic (exact) mass is 188 g/mol. The third kappa shape index (κ3) is 1.32. The van der Waals surface area contributed by atoms with E-state index in [9.17, 15) is 0 Å². The van der Waals surface area contributed by atoms with Gasteiger partial charge < -0.3 is 10.5 Å². The number of hydrogen-bond acceptors (Lipinski definition) is 3. The van der Waals surface area contributed by atoms with Gasteiger partial charge in [0.25, 0.3) is 0 Å². The highest BCUT2D eigenvalue weighted by molar-refractivity contribution is 5.90. The molecular formula is C11H12N2O. The summed E-state index contributed by atoms with van der Waals surface area (Å²) in [5.41, 5.74) is 6.73. The third-order valence-electron chi connectivity index (χ3n) is 2.31. The van der Waals surface area contributed by atoms with Gasteiger partial charge in [-0.3, -0.25) is 4.98 Å². The molecular weight excluding hydrogens is 176 g/mol. The van der Waals surface area contributed by atoms with Gasteiger partial charge in [-0.15, -0.1) is 0 Å². The number of nitrogens with two attached hydrogens (primary N) is 1. The van der Waals surface area contributed by atoms with Crippen LogP contribution in [0.15, 0.2) is 30.6 Å². The first kappa shape index (κ1) is 8.97. The van der Waals surface area contributed by atoms with Crippen LogP contribution in [0.1, 0.15) is 5.56 Å². The van der Waals surface area contributed by atoms with Crippen LogP contribution in [-0.2, 0) is 6.54 Å². The first-order valence-corrected chi connectivity index (χ1v) is 4.46. The van der Waals surface area contributed by atoms with E-state index in [1.54, 1.807) is 13.3 Å². The molecule has 0 aliphatic carbocycles. The maximum absolute atomic E-state index is 5.64. The zero-order valence-corrected chi connectivity index (χ0v) is 8.03. The van der Waals surface area contributed by atoms with E-state index in [-0.39, 0.29) is 0 Å². The topological polar surface area (TPSA) is 48.1 Å². The summed E-state index contributed by atoms with van der Waals surface area (Å²) < 4.78 is 5.26. The minimum atomic E-state index is 0.520. The van der Waals surface area contributed by atoms with Gasteiger partial charge in [0.2, 0.25) is 0 Å². The smallest absolute Gasteiger partial charge is 0.126 e. The lowest BCUT2D eigenvalue weighted by Gasteiger charge is -2.07. The van der Waals surface area contributed by atoms with Crippen molar-refractivity contribution in [3.63, 3.8) is 0 Å². The molecule has 0 aliphatic heterocycles. The average Bonchev–Trinajstić information content (AvgIpc) is 2.27. The summed E-state index contributed by atoms with van der Waals surface area (Å²) >= 11 is 0. The van der Waals surface area contributed by atoms with Gasteiger partial charge in [0.15, 0.2) is 0 Å². The summed E-state index contributed by atoms with van der Waals surface area (Å²) in [5, 5.41) is 2.12. The van der Waals surface area contributed by atoms with E-state index in [2.05, 4.69) is 4.98 Å². The number of aromatic nitrogens is 1. The molecule has 0 unspecified atom stereocenters. The molecule has 0 bridgehead atoms. The Morgan fingerprint density at radius 3 is 2.86 bits per heavy atom. The second kappa shape index (κ2) is 3.64. The Morgan fingerprint density at radius 2 is 2.14 bits per heavy atom. The highest BCUT2D eigenvalue weighted by Gasteiger charge is 2.04. The van der Waals surface area contributed by atoms with Crippen LogP contribution in [0.25, 0.3) is 10.8 Å². The van der Waals surface area contributed by atoms with E-state index in [4.69, 9.17) is 10.5 Å². The Hall–Kier alpha value is -1.61. The Bertz CT molecular complexity index is 411. The van der Waals surface area contributed by atoms with Gasteiger partial charge in [-0.05, 0) is 17.7 Å². The van der Waals surface area contributed by atoms with Crippen molar-refractivity contribution in [2.45, 2.75) is 6.54 Å². The van der Waals surface area contributed by atoms with E-state index in [1.165, 1.54) is 0 Å². The number of nitrogens with zero attached hydrogens (tertiary/aromatic N) is 1. The number of fused-ring (bicyclic) bond motifs is 1. The largest absolute Gasteiger partial charge is 0.496 e. The first-order chi connectivity index (χ1) is 6.86. The quantitative estimate of drug-likeness (QED) is 0.780. The highest BCUT2D eigenvalue weighted by Crippen LogP contribution is 2.27. The van der Waals surface area contributed by atoms with Crippen LogP contribution in [0, 0.1) is 0 Å². The molecule has 0 saturated carbocycles. The van der Waals surface area contributed by atoms with E-state index >= 15 is 0 Å². The van der Waals surface area contributed by atoms with Gasteiger partial charge in [0.05, 0.1) is 7.11 Å². The van der Waals surface area contributed by atoms with E-state index in [0.717, 1.165) is 22.1 Å². The molecule has 0 saturated heterocycles. The molecule has 0 spiro atoms. The van der Waals surface area contributed by atoms with Crippen LogP contribution >= 0.6 is 0 Å². The van der Waals surface area contributed by atoms with Crippen molar-refractivity contribution in [1.29, 1.82) is 0 Å². The minimum absolute atomic E-state index is 0.520. The molecule has 1 heterocycles. The summed E-state index contributed by atoms with van der Waals surface area (Å²) in [5.74, 6) is 0.861. The number of ether oxygens (including phenoxy) is 1. The van der Waals surface area contributed by atoms with E-state index < -0.39 is 0 Å². The number of rotatable bonds is 2. The normalized spacial score (nSPS) is 10.4. The Kier molecular flexibility index (Phi) is 2.33. The predicted molar refractivity (Wildman–Crippen MR) is 56.2 cm³/mol. The van der Waals surface area contributed by atoms with Crippen molar-refractivity contribution in [3.05, 3.63) is 36.2 Å². The molecule has 2 N–H and O–H groups in total. The molecule has 2 aromatic rings. The molecule has 0 fully saturated rings. The number of pyridine rings is 1. The van der Waals surface area contributed by atoms with Gasteiger partial charge in [-0.25, -0.2) is 0 Å². The second-order valence-corrected chi connectivity index (χ2v) is 3.05. The number of benzene rings is 1. The molecule has 0 atom stereocenters. The molecule has 0 aliphatic rings. The maximum atomic E-state index is 5.64. The van der Waals surface area contributed by atoms with Crippen LogP contribution in [0.3, 0.4) is 0 Å². The van der Waals surface area contributed by atoms with Crippen molar-refractivity contribution >= 4 is 10.8 Å². The summed E-state index contributed by atoms with van der Waals surface area (Å²) in [4.78, 5) is 4.09. The fraction of sp³-hybridized carbons (Fsp3) is 0.182. The standard InChI is InChI=1S/C11H12N2O/c1-14-11-3-2-8(6-12)10-7-13-5-4-9(10)11/h2-5,7H,6,12H2,1H3. The summed E-state index contributed by atoms with van der Waals surface area (Å²) in [6, 6.07) is 5.85. The molecule has 72 valence electrons. The Labute approximate surface area is 82.5 Å². The van der Waals surface area contributed by atoms with Crippen molar-refractivity contribution in [1.82, 2.24) is 4.98 Å². The highest BCUT2D eigenvalue weighted by atomic mass is 16.5. The van der Waals surface area contributed by atoms with Crippen molar-refractivity contribution < 1.29 is 4.74 Å². The zero-order chi connectivity index (χ0) is 9.97.